The molecule has 2 nitrogen and oxygen atoms in total. The number of rotatable bonds is 2. The number of aromatic nitrogens is 2. The Kier molecular flexibility index (Phi) is 3.91. The molecule has 0 N–H and O–H groups in total. The summed E-state index contributed by atoms with van der Waals surface area (Å²) >= 11 is 6.26. The Morgan fingerprint density at radius 1 is 1.00 bits per heavy atom. The number of halogens is 1. The number of nitrogens with zero attached hydrogens (tertiary/aromatic N) is 2. The third-order valence-electron chi connectivity index (χ3n) is 3.33. The molecule has 0 saturated heterocycles. The van der Waals surface area contributed by atoms with E-state index in [9.17, 15) is 0 Å². The van der Waals surface area contributed by atoms with Crippen LogP contribution >= 0.6 is 11.6 Å². The Labute approximate surface area is 119 Å². The van der Waals surface area contributed by atoms with E-state index in [0.717, 1.165) is 11.3 Å². The molecule has 3 heteroatoms. The fraction of sp³-hybridized carbons (Fsp3) is 0.375. The van der Waals surface area contributed by atoms with E-state index >= 15 is 0 Å². The van der Waals surface area contributed by atoms with Crippen LogP contribution in [0.25, 0.3) is 11.3 Å². The summed E-state index contributed by atoms with van der Waals surface area (Å²) in [4.78, 5) is 8.60. The molecule has 0 bridgehead atoms. The first-order chi connectivity index (χ1) is 8.91. The van der Waals surface area contributed by atoms with Crippen molar-refractivity contribution >= 4 is 11.6 Å². The molecule has 100 valence electrons. The monoisotopic (exact) mass is 274 g/mol. The summed E-state index contributed by atoms with van der Waals surface area (Å²) in [7, 11) is 0. The minimum atomic E-state index is 0.295. The van der Waals surface area contributed by atoms with E-state index in [2.05, 4.69) is 56.7 Å². The highest BCUT2D eigenvalue weighted by atomic mass is 35.5. The van der Waals surface area contributed by atoms with Gasteiger partial charge in [-0.05, 0) is 37.8 Å². The molecule has 0 aliphatic heterocycles. The predicted octanol–water partition coefficient (Wildman–Crippen LogP) is 4.85. The van der Waals surface area contributed by atoms with Crippen molar-refractivity contribution in [2.24, 2.45) is 0 Å². The average Bonchev–Trinajstić information content (AvgIpc) is 2.26. The summed E-state index contributed by atoms with van der Waals surface area (Å²) in [5, 5.41) is 0.555. The standard InChI is InChI=1S/C16H19ClN2/c1-9(2)13-15(18-8-19-16(13)17)14-11(4)6-10(3)7-12(14)5/h6-9H,1-5H3. The Hall–Kier alpha value is -1.41. The molecule has 2 rings (SSSR count). The van der Waals surface area contributed by atoms with Gasteiger partial charge >= 0.3 is 0 Å². The van der Waals surface area contributed by atoms with Gasteiger partial charge in [0.1, 0.15) is 11.5 Å². The molecule has 0 aliphatic carbocycles. The Bertz CT molecular complexity index is 595. The summed E-state index contributed by atoms with van der Waals surface area (Å²) in [5.41, 5.74) is 6.90. The van der Waals surface area contributed by atoms with Crippen molar-refractivity contribution in [3.8, 4) is 11.3 Å². The van der Waals surface area contributed by atoms with E-state index in [-0.39, 0.29) is 0 Å². The van der Waals surface area contributed by atoms with Crippen molar-refractivity contribution in [2.75, 3.05) is 0 Å². The van der Waals surface area contributed by atoms with Crippen LogP contribution in [0.1, 0.15) is 42.0 Å². The van der Waals surface area contributed by atoms with Crippen molar-refractivity contribution in [3.05, 3.63) is 45.9 Å². The van der Waals surface area contributed by atoms with Gasteiger partial charge in [0, 0.05) is 11.1 Å². The number of hydrogen-bond donors (Lipinski definition) is 0. The summed E-state index contributed by atoms with van der Waals surface area (Å²) in [6.45, 7) is 10.6. The fourth-order valence-electron chi connectivity index (χ4n) is 2.64. The highest BCUT2D eigenvalue weighted by molar-refractivity contribution is 6.30. The summed E-state index contributed by atoms with van der Waals surface area (Å²) < 4.78 is 0. The van der Waals surface area contributed by atoms with Crippen LogP contribution in [0.5, 0.6) is 0 Å². The van der Waals surface area contributed by atoms with Crippen LogP contribution in [0.3, 0.4) is 0 Å². The molecule has 19 heavy (non-hydrogen) atoms. The van der Waals surface area contributed by atoms with Crippen LogP contribution in [0, 0.1) is 20.8 Å². The van der Waals surface area contributed by atoms with E-state index in [4.69, 9.17) is 11.6 Å². The van der Waals surface area contributed by atoms with Gasteiger partial charge in [0.25, 0.3) is 0 Å². The topological polar surface area (TPSA) is 25.8 Å². The van der Waals surface area contributed by atoms with Crippen molar-refractivity contribution < 1.29 is 0 Å². The zero-order chi connectivity index (χ0) is 14.2. The Balaban J connectivity index is 2.76. The van der Waals surface area contributed by atoms with Gasteiger partial charge in [0.15, 0.2) is 0 Å². The predicted molar refractivity (Wildman–Crippen MR) is 80.8 cm³/mol. The lowest BCUT2D eigenvalue weighted by Crippen LogP contribution is -2.02. The van der Waals surface area contributed by atoms with Crippen molar-refractivity contribution in [2.45, 2.75) is 40.5 Å². The SMILES string of the molecule is Cc1cc(C)c(-c2ncnc(Cl)c2C(C)C)c(C)c1. The van der Waals surface area contributed by atoms with Crippen LogP contribution in [-0.2, 0) is 0 Å². The normalized spacial score (nSPS) is 11.1. The highest BCUT2D eigenvalue weighted by Gasteiger charge is 2.18. The lowest BCUT2D eigenvalue weighted by atomic mass is 9.92. The molecule has 2 aromatic rings. The van der Waals surface area contributed by atoms with Gasteiger partial charge in [0.05, 0.1) is 5.69 Å². The first kappa shape index (κ1) is 14.0. The minimum absolute atomic E-state index is 0.295. The molecular weight excluding hydrogens is 256 g/mol. The second-order valence-electron chi connectivity index (χ2n) is 5.36. The largest absolute Gasteiger partial charge is 0.236 e. The van der Waals surface area contributed by atoms with Crippen LogP contribution in [-0.4, -0.2) is 9.97 Å². The van der Waals surface area contributed by atoms with Gasteiger partial charge in [-0.3, -0.25) is 0 Å². The maximum Gasteiger partial charge on any atom is 0.136 e. The van der Waals surface area contributed by atoms with Crippen molar-refractivity contribution in [1.82, 2.24) is 9.97 Å². The third-order valence-corrected chi connectivity index (χ3v) is 3.63. The van der Waals surface area contributed by atoms with Gasteiger partial charge in [-0.25, -0.2) is 9.97 Å². The van der Waals surface area contributed by atoms with Crippen molar-refractivity contribution in [3.63, 3.8) is 0 Å². The second kappa shape index (κ2) is 5.30. The fourth-order valence-corrected chi connectivity index (χ4v) is 2.99. The molecule has 0 amide bonds. The molecule has 0 radical (unpaired) electrons. The van der Waals surface area contributed by atoms with Gasteiger partial charge in [-0.15, -0.1) is 0 Å². The van der Waals surface area contributed by atoms with Crippen LogP contribution < -0.4 is 0 Å². The number of aryl methyl sites for hydroxylation is 3. The lowest BCUT2D eigenvalue weighted by Gasteiger charge is -2.17. The van der Waals surface area contributed by atoms with Gasteiger partial charge in [-0.2, -0.15) is 0 Å². The molecule has 0 spiro atoms. The molecule has 1 aromatic heterocycles. The smallest absolute Gasteiger partial charge is 0.136 e. The minimum Gasteiger partial charge on any atom is -0.236 e. The molecule has 0 atom stereocenters. The highest BCUT2D eigenvalue weighted by Crippen LogP contribution is 2.35. The lowest BCUT2D eigenvalue weighted by molar-refractivity contribution is 0.849. The first-order valence-corrected chi connectivity index (χ1v) is 6.88. The van der Waals surface area contributed by atoms with E-state index in [1.807, 2.05) is 0 Å². The summed E-state index contributed by atoms with van der Waals surface area (Å²) in [6.07, 6.45) is 1.54. The van der Waals surface area contributed by atoms with Gasteiger partial charge in [0.2, 0.25) is 0 Å². The molecular formula is C16H19ClN2. The van der Waals surface area contributed by atoms with Crippen molar-refractivity contribution in [1.29, 1.82) is 0 Å². The third kappa shape index (κ3) is 2.64. The maximum absolute atomic E-state index is 6.26. The average molecular weight is 275 g/mol. The molecule has 0 saturated carbocycles. The first-order valence-electron chi connectivity index (χ1n) is 6.50. The molecule has 0 fully saturated rings. The van der Waals surface area contributed by atoms with Gasteiger partial charge < -0.3 is 0 Å². The zero-order valence-corrected chi connectivity index (χ0v) is 12.8. The van der Waals surface area contributed by atoms with E-state index in [1.54, 1.807) is 6.33 Å². The Morgan fingerprint density at radius 3 is 2.11 bits per heavy atom. The summed E-state index contributed by atoms with van der Waals surface area (Å²) in [6, 6.07) is 4.37. The van der Waals surface area contributed by atoms with Crippen LogP contribution in [0.15, 0.2) is 18.5 Å². The number of hydrogen-bond acceptors (Lipinski definition) is 2. The molecule has 1 heterocycles. The summed E-state index contributed by atoms with van der Waals surface area (Å²) in [5.74, 6) is 0.295. The molecule has 0 aliphatic rings. The zero-order valence-electron chi connectivity index (χ0n) is 12.1. The van der Waals surface area contributed by atoms with E-state index in [0.29, 0.717) is 11.1 Å². The van der Waals surface area contributed by atoms with E-state index < -0.39 is 0 Å². The maximum atomic E-state index is 6.26. The Morgan fingerprint density at radius 2 is 1.58 bits per heavy atom. The quantitative estimate of drug-likeness (QED) is 0.732. The van der Waals surface area contributed by atoms with E-state index in [1.165, 1.54) is 22.3 Å². The number of benzene rings is 1. The van der Waals surface area contributed by atoms with Crippen LogP contribution in [0.4, 0.5) is 0 Å². The van der Waals surface area contributed by atoms with Gasteiger partial charge in [-0.1, -0.05) is 43.1 Å². The molecule has 0 unspecified atom stereocenters. The van der Waals surface area contributed by atoms with Crippen LogP contribution in [0.2, 0.25) is 5.15 Å². The molecule has 1 aromatic carbocycles. The second-order valence-corrected chi connectivity index (χ2v) is 5.71.